The summed E-state index contributed by atoms with van der Waals surface area (Å²) in [5, 5.41) is 6.91. The Labute approximate surface area is 346 Å². The lowest BCUT2D eigenvalue weighted by Gasteiger charge is -2.13. The van der Waals surface area contributed by atoms with Crippen molar-refractivity contribution in [3.63, 3.8) is 0 Å². The summed E-state index contributed by atoms with van der Waals surface area (Å²) in [6, 6.07) is 63.2. The van der Waals surface area contributed by atoms with Gasteiger partial charge < -0.3 is 8.98 Å². The van der Waals surface area contributed by atoms with Crippen molar-refractivity contribution in [1.29, 1.82) is 0 Å². The molecule has 0 atom stereocenters. The summed E-state index contributed by atoms with van der Waals surface area (Å²) in [5.41, 5.74) is 9.23. The number of aromatic nitrogens is 6. The predicted octanol–water partition coefficient (Wildman–Crippen LogP) is 13.6. The van der Waals surface area contributed by atoms with Crippen molar-refractivity contribution in [3.05, 3.63) is 182 Å². The number of rotatable bonds is 5. The van der Waals surface area contributed by atoms with Gasteiger partial charge in [0.15, 0.2) is 17.2 Å². The Hall–Kier alpha value is -7.94. The zero-order valence-electron chi connectivity index (χ0n) is 31.8. The highest BCUT2D eigenvalue weighted by atomic mass is 32.1. The molecule has 0 aliphatic carbocycles. The van der Waals surface area contributed by atoms with E-state index in [1.54, 1.807) is 11.3 Å². The van der Waals surface area contributed by atoms with Gasteiger partial charge in [0.05, 0.1) is 27.8 Å². The van der Waals surface area contributed by atoms with E-state index in [-0.39, 0.29) is 0 Å². The molecule has 0 saturated carbocycles. The first kappa shape index (κ1) is 33.1. The SMILES string of the molecule is c1ccc(-c2nc(-c3ccc4c(c3)sc3ccccc34)nc(-n3c4ccccc4c4ccc5c6ccccc6n(-c6cccc7nc(-c8ccccc8)oc67)c5c43)n2)cc1. The van der Waals surface area contributed by atoms with Gasteiger partial charge in [0.2, 0.25) is 11.8 Å². The van der Waals surface area contributed by atoms with Crippen LogP contribution in [0.2, 0.25) is 0 Å². The fourth-order valence-corrected chi connectivity index (χ4v) is 10.1. The van der Waals surface area contributed by atoms with Gasteiger partial charge in [-0.1, -0.05) is 133 Å². The summed E-state index contributed by atoms with van der Waals surface area (Å²) < 4.78 is 13.7. The summed E-state index contributed by atoms with van der Waals surface area (Å²) in [7, 11) is 0. The molecule has 8 heteroatoms. The van der Waals surface area contributed by atoms with Crippen LogP contribution in [0.5, 0.6) is 0 Å². The molecule has 5 heterocycles. The molecule has 0 radical (unpaired) electrons. The summed E-state index contributed by atoms with van der Waals surface area (Å²) >= 11 is 1.79. The number of hydrogen-bond acceptors (Lipinski definition) is 6. The summed E-state index contributed by atoms with van der Waals surface area (Å²) in [6.07, 6.45) is 0. The van der Waals surface area contributed by atoms with E-state index in [0.29, 0.717) is 29.1 Å². The van der Waals surface area contributed by atoms with Crippen molar-refractivity contribution in [2.24, 2.45) is 0 Å². The van der Waals surface area contributed by atoms with Crippen LogP contribution in [0, 0.1) is 0 Å². The third-order valence-electron chi connectivity index (χ3n) is 11.6. The van der Waals surface area contributed by atoms with Crippen LogP contribution in [-0.2, 0) is 0 Å². The van der Waals surface area contributed by atoms with E-state index in [2.05, 4.69) is 137 Å². The lowest BCUT2D eigenvalue weighted by atomic mass is 10.1. The molecule has 7 nitrogen and oxygen atoms in total. The second-order valence-electron chi connectivity index (χ2n) is 15.0. The lowest BCUT2D eigenvalue weighted by Crippen LogP contribution is -2.07. The van der Waals surface area contributed by atoms with Crippen molar-refractivity contribution >= 4 is 86.2 Å². The van der Waals surface area contributed by atoms with Crippen molar-refractivity contribution < 1.29 is 4.42 Å². The van der Waals surface area contributed by atoms with Crippen LogP contribution in [-0.4, -0.2) is 29.1 Å². The molecule has 280 valence electrons. The molecule has 60 heavy (non-hydrogen) atoms. The zero-order valence-corrected chi connectivity index (χ0v) is 32.6. The van der Waals surface area contributed by atoms with Crippen LogP contribution in [0.1, 0.15) is 0 Å². The van der Waals surface area contributed by atoms with Gasteiger partial charge in [0, 0.05) is 58.4 Å². The fourth-order valence-electron chi connectivity index (χ4n) is 8.95. The van der Waals surface area contributed by atoms with Crippen LogP contribution >= 0.6 is 11.3 Å². The van der Waals surface area contributed by atoms with Crippen molar-refractivity contribution in [2.75, 3.05) is 0 Å². The van der Waals surface area contributed by atoms with Crippen LogP contribution in [0.3, 0.4) is 0 Å². The van der Waals surface area contributed by atoms with Gasteiger partial charge in [-0.3, -0.25) is 4.57 Å². The van der Waals surface area contributed by atoms with E-state index in [1.807, 2.05) is 54.6 Å². The fraction of sp³-hybridized carbons (Fsp3) is 0. The number of oxazole rings is 1. The van der Waals surface area contributed by atoms with Gasteiger partial charge in [-0.05, 0) is 48.5 Å². The molecule has 0 unspecified atom stereocenters. The van der Waals surface area contributed by atoms with E-state index in [0.717, 1.165) is 71.5 Å². The molecule has 0 bridgehead atoms. The van der Waals surface area contributed by atoms with Crippen LogP contribution in [0.25, 0.3) is 121 Å². The van der Waals surface area contributed by atoms with Gasteiger partial charge in [-0.15, -0.1) is 11.3 Å². The maximum Gasteiger partial charge on any atom is 0.238 e. The van der Waals surface area contributed by atoms with Crippen molar-refractivity contribution in [3.8, 4) is 45.9 Å². The van der Waals surface area contributed by atoms with E-state index in [1.165, 1.54) is 20.2 Å². The molecule has 0 spiro atoms. The molecule has 5 aromatic heterocycles. The monoisotopic (exact) mass is 786 g/mol. The molecular formula is C52H30N6OS. The maximum absolute atomic E-state index is 6.70. The topological polar surface area (TPSA) is 74.6 Å². The molecule has 0 N–H and O–H groups in total. The number of hydrogen-bond donors (Lipinski definition) is 0. The Morgan fingerprint density at radius 1 is 0.400 bits per heavy atom. The minimum Gasteiger partial charge on any atom is -0.434 e. The number of nitrogens with zero attached hydrogens (tertiary/aromatic N) is 6. The Kier molecular flexibility index (Phi) is 7.05. The number of benzene rings is 8. The van der Waals surface area contributed by atoms with Gasteiger partial charge >= 0.3 is 0 Å². The standard InChI is InChI=1S/C52H30N6OS/c1-3-14-31(15-4-1)49-54-50(33-26-27-37-36-20-9-12-25-44(36)60-45(37)30-33)56-52(55-49)58-42-23-11-8-19-35(42)39-29-28-38-34-18-7-10-22-41(34)57(46(38)47(39)58)43-24-13-21-40-48(43)59-51(53-40)32-16-5-2-6-17-32/h1-30H. The molecule has 0 fully saturated rings. The Morgan fingerprint density at radius 3 is 1.73 bits per heavy atom. The van der Waals surface area contributed by atoms with E-state index < -0.39 is 0 Å². The van der Waals surface area contributed by atoms with Crippen LogP contribution in [0.4, 0.5) is 0 Å². The summed E-state index contributed by atoms with van der Waals surface area (Å²) in [4.78, 5) is 20.9. The quantitative estimate of drug-likeness (QED) is 0.174. The minimum atomic E-state index is 0.537. The van der Waals surface area contributed by atoms with E-state index in [4.69, 9.17) is 24.4 Å². The second kappa shape index (κ2) is 12.8. The summed E-state index contributed by atoms with van der Waals surface area (Å²) in [6.45, 7) is 0. The van der Waals surface area contributed by atoms with E-state index >= 15 is 0 Å². The molecule has 0 aliphatic rings. The third kappa shape index (κ3) is 4.88. The van der Waals surface area contributed by atoms with Crippen LogP contribution < -0.4 is 0 Å². The Bertz CT molecular complexity index is 3840. The van der Waals surface area contributed by atoms with Gasteiger partial charge in [0.25, 0.3) is 0 Å². The molecule has 0 amide bonds. The third-order valence-corrected chi connectivity index (χ3v) is 12.8. The largest absolute Gasteiger partial charge is 0.434 e. The molecule has 8 aromatic carbocycles. The van der Waals surface area contributed by atoms with E-state index in [9.17, 15) is 0 Å². The molecule has 13 aromatic rings. The predicted molar refractivity (Wildman–Crippen MR) is 245 cm³/mol. The van der Waals surface area contributed by atoms with Crippen molar-refractivity contribution in [1.82, 2.24) is 29.1 Å². The Morgan fingerprint density at radius 2 is 0.983 bits per heavy atom. The first-order valence-electron chi connectivity index (χ1n) is 19.9. The highest BCUT2D eigenvalue weighted by Gasteiger charge is 2.25. The molecule has 0 saturated heterocycles. The highest BCUT2D eigenvalue weighted by molar-refractivity contribution is 7.25. The average molecular weight is 787 g/mol. The molecule has 13 rings (SSSR count). The number of thiophene rings is 1. The van der Waals surface area contributed by atoms with Crippen LogP contribution in [0.15, 0.2) is 186 Å². The smallest absolute Gasteiger partial charge is 0.238 e. The Balaban J connectivity index is 1.14. The second-order valence-corrected chi connectivity index (χ2v) is 16.1. The average Bonchev–Trinajstić information content (AvgIpc) is 4.09. The maximum atomic E-state index is 6.70. The van der Waals surface area contributed by atoms with Gasteiger partial charge in [-0.2, -0.15) is 9.97 Å². The first-order valence-corrected chi connectivity index (χ1v) is 20.7. The van der Waals surface area contributed by atoms with Gasteiger partial charge in [0.1, 0.15) is 5.52 Å². The first-order chi connectivity index (χ1) is 29.7. The molecular weight excluding hydrogens is 757 g/mol. The minimum absolute atomic E-state index is 0.537. The number of para-hydroxylation sites is 3. The normalized spacial score (nSPS) is 12.0. The van der Waals surface area contributed by atoms with Crippen molar-refractivity contribution in [2.45, 2.75) is 0 Å². The lowest BCUT2D eigenvalue weighted by molar-refractivity contribution is 0.618. The summed E-state index contributed by atoms with van der Waals surface area (Å²) in [5.74, 6) is 2.33. The van der Waals surface area contributed by atoms with Gasteiger partial charge in [-0.25, -0.2) is 9.97 Å². The zero-order chi connectivity index (χ0) is 39.3. The molecule has 0 aliphatic heterocycles. The highest BCUT2D eigenvalue weighted by Crippen LogP contribution is 2.43. The number of fused-ring (bicyclic) bond motifs is 11.